The van der Waals surface area contributed by atoms with Gasteiger partial charge in [-0.05, 0) is 70.1 Å². The molecule has 1 atom stereocenters. The molecule has 0 saturated heterocycles. The summed E-state index contributed by atoms with van der Waals surface area (Å²) in [7, 11) is 0. The summed E-state index contributed by atoms with van der Waals surface area (Å²) in [5, 5.41) is 3.60. The van der Waals surface area contributed by atoms with Crippen LogP contribution in [0.5, 0.6) is 0 Å². The van der Waals surface area contributed by atoms with Crippen molar-refractivity contribution in [3.05, 3.63) is 35.9 Å². The van der Waals surface area contributed by atoms with Gasteiger partial charge in [-0.25, -0.2) is 0 Å². The van der Waals surface area contributed by atoms with E-state index in [9.17, 15) is 0 Å². The highest BCUT2D eigenvalue weighted by molar-refractivity contribution is 7.98. The predicted octanol–water partition coefficient (Wildman–Crippen LogP) is 4.80. The van der Waals surface area contributed by atoms with Crippen LogP contribution in [0.15, 0.2) is 30.3 Å². The van der Waals surface area contributed by atoms with Crippen LogP contribution in [0.3, 0.4) is 0 Å². The molecule has 1 aromatic rings. The van der Waals surface area contributed by atoms with E-state index in [1.54, 1.807) is 0 Å². The molecule has 2 nitrogen and oxygen atoms in total. The summed E-state index contributed by atoms with van der Waals surface area (Å²) in [5.74, 6) is 2.39. The monoisotopic (exact) mass is 336 g/mol. The number of hydrogen-bond donors (Lipinski definition) is 1. The molecule has 0 amide bonds. The lowest BCUT2D eigenvalue weighted by Gasteiger charge is -2.28. The van der Waals surface area contributed by atoms with Gasteiger partial charge in [-0.3, -0.25) is 0 Å². The molecular formula is C20H36N2S. The lowest BCUT2D eigenvalue weighted by molar-refractivity contribution is 0.201. The van der Waals surface area contributed by atoms with Gasteiger partial charge < -0.3 is 10.2 Å². The van der Waals surface area contributed by atoms with Crippen molar-refractivity contribution in [3.63, 3.8) is 0 Å². The SMILES string of the molecule is CCCN(CCCNCCCSCc1ccccc1)C(C)CC. The van der Waals surface area contributed by atoms with E-state index < -0.39 is 0 Å². The normalized spacial score (nSPS) is 12.7. The Morgan fingerprint density at radius 1 is 1.04 bits per heavy atom. The molecule has 0 heterocycles. The van der Waals surface area contributed by atoms with Crippen LogP contribution in [0.1, 0.15) is 52.0 Å². The summed E-state index contributed by atoms with van der Waals surface area (Å²) in [6.07, 6.45) is 5.05. The summed E-state index contributed by atoms with van der Waals surface area (Å²) in [5.41, 5.74) is 1.44. The zero-order valence-corrected chi connectivity index (χ0v) is 16.2. The molecule has 1 N–H and O–H groups in total. The van der Waals surface area contributed by atoms with Crippen molar-refractivity contribution in [2.75, 3.05) is 31.9 Å². The molecule has 3 heteroatoms. The third kappa shape index (κ3) is 10.1. The minimum absolute atomic E-state index is 0.726. The van der Waals surface area contributed by atoms with Crippen LogP contribution in [0.2, 0.25) is 0 Å². The van der Waals surface area contributed by atoms with Gasteiger partial charge in [-0.2, -0.15) is 11.8 Å². The van der Waals surface area contributed by atoms with Crippen molar-refractivity contribution in [1.82, 2.24) is 10.2 Å². The van der Waals surface area contributed by atoms with Crippen molar-refractivity contribution in [3.8, 4) is 0 Å². The second-order valence-corrected chi connectivity index (χ2v) is 7.39. The zero-order valence-electron chi connectivity index (χ0n) is 15.4. The second-order valence-electron chi connectivity index (χ2n) is 6.29. The molecule has 1 unspecified atom stereocenters. The maximum absolute atomic E-state index is 3.60. The van der Waals surface area contributed by atoms with Crippen LogP contribution in [-0.2, 0) is 5.75 Å². The van der Waals surface area contributed by atoms with Gasteiger partial charge in [-0.1, -0.05) is 44.2 Å². The molecule has 0 aliphatic carbocycles. The fourth-order valence-electron chi connectivity index (χ4n) is 2.69. The maximum atomic E-state index is 3.60. The topological polar surface area (TPSA) is 15.3 Å². The highest BCUT2D eigenvalue weighted by Gasteiger charge is 2.09. The van der Waals surface area contributed by atoms with E-state index in [1.807, 2.05) is 11.8 Å². The van der Waals surface area contributed by atoms with Gasteiger partial charge in [0.15, 0.2) is 0 Å². The largest absolute Gasteiger partial charge is 0.317 e. The van der Waals surface area contributed by atoms with Gasteiger partial charge in [0.25, 0.3) is 0 Å². The number of hydrogen-bond acceptors (Lipinski definition) is 3. The van der Waals surface area contributed by atoms with Crippen LogP contribution in [0.25, 0.3) is 0 Å². The first kappa shape index (κ1) is 20.5. The van der Waals surface area contributed by atoms with Crippen LogP contribution < -0.4 is 5.32 Å². The van der Waals surface area contributed by atoms with Crippen molar-refractivity contribution < 1.29 is 0 Å². The van der Waals surface area contributed by atoms with Crippen LogP contribution in [0.4, 0.5) is 0 Å². The minimum atomic E-state index is 0.726. The van der Waals surface area contributed by atoms with Crippen molar-refractivity contribution >= 4 is 11.8 Å². The highest BCUT2D eigenvalue weighted by atomic mass is 32.2. The first-order chi connectivity index (χ1) is 11.3. The molecule has 0 saturated carbocycles. The molecule has 0 bridgehead atoms. The fourth-order valence-corrected chi connectivity index (χ4v) is 3.61. The Morgan fingerprint density at radius 2 is 1.78 bits per heavy atom. The molecule has 0 spiro atoms. The highest BCUT2D eigenvalue weighted by Crippen LogP contribution is 2.12. The van der Waals surface area contributed by atoms with Crippen molar-refractivity contribution in [2.45, 2.75) is 58.2 Å². The number of nitrogens with zero attached hydrogens (tertiary/aromatic N) is 1. The zero-order chi connectivity index (χ0) is 16.8. The second kappa shape index (κ2) is 13.9. The van der Waals surface area contributed by atoms with E-state index in [0.29, 0.717) is 0 Å². The Labute approximate surface area is 148 Å². The number of rotatable bonds is 14. The molecule has 0 aromatic heterocycles. The van der Waals surface area contributed by atoms with E-state index in [1.165, 1.54) is 50.1 Å². The van der Waals surface area contributed by atoms with E-state index >= 15 is 0 Å². The average Bonchev–Trinajstić information content (AvgIpc) is 2.59. The lowest BCUT2D eigenvalue weighted by Crippen LogP contribution is -2.35. The Hall–Kier alpha value is -0.510. The third-order valence-corrected chi connectivity index (χ3v) is 5.39. The molecule has 0 aliphatic heterocycles. The predicted molar refractivity (Wildman–Crippen MR) is 106 cm³/mol. The smallest absolute Gasteiger partial charge is 0.0184 e. The number of nitrogens with one attached hydrogen (secondary N) is 1. The summed E-state index contributed by atoms with van der Waals surface area (Å²) < 4.78 is 0. The van der Waals surface area contributed by atoms with Crippen LogP contribution in [0, 0.1) is 0 Å². The third-order valence-electron chi connectivity index (χ3n) is 4.28. The molecule has 1 rings (SSSR count). The average molecular weight is 337 g/mol. The van der Waals surface area contributed by atoms with E-state index in [2.05, 4.69) is 61.3 Å². The van der Waals surface area contributed by atoms with Gasteiger partial charge in [0.2, 0.25) is 0 Å². The Morgan fingerprint density at radius 3 is 2.48 bits per heavy atom. The van der Waals surface area contributed by atoms with Gasteiger partial charge >= 0.3 is 0 Å². The van der Waals surface area contributed by atoms with E-state index in [-0.39, 0.29) is 0 Å². The quantitative estimate of drug-likeness (QED) is 0.491. The maximum Gasteiger partial charge on any atom is 0.0184 e. The molecule has 1 aromatic carbocycles. The minimum Gasteiger partial charge on any atom is -0.317 e. The molecule has 0 radical (unpaired) electrons. The Bertz CT molecular complexity index is 369. The molecular weight excluding hydrogens is 300 g/mol. The van der Waals surface area contributed by atoms with Crippen molar-refractivity contribution in [2.24, 2.45) is 0 Å². The van der Waals surface area contributed by atoms with Gasteiger partial charge in [-0.15, -0.1) is 0 Å². The molecule has 0 aliphatic rings. The number of thioether (sulfide) groups is 1. The Kier molecular flexibility index (Phi) is 12.4. The van der Waals surface area contributed by atoms with Gasteiger partial charge in [0.1, 0.15) is 0 Å². The van der Waals surface area contributed by atoms with E-state index in [0.717, 1.165) is 24.9 Å². The molecule has 0 fully saturated rings. The standard InChI is InChI=1S/C20H36N2S/c1-4-15-22(19(3)5-2)16-9-13-21-14-10-17-23-18-20-11-7-6-8-12-20/h6-8,11-12,19,21H,4-5,9-10,13-18H2,1-3H3. The van der Waals surface area contributed by atoms with Crippen molar-refractivity contribution in [1.29, 1.82) is 0 Å². The molecule has 132 valence electrons. The summed E-state index contributed by atoms with van der Waals surface area (Å²) in [6, 6.07) is 11.5. The Balaban J connectivity index is 1.94. The first-order valence-corrected chi connectivity index (χ1v) is 10.5. The fraction of sp³-hybridized carbons (Fsp3) is 0.700. The summed E-state index contributed by atoms with van der Waals surface area (Å²) in [4.78, 5) is 2.64. The van der Waals surface area contributed by atoms with Gasteiger partial charge in [0, 0.05) is 11.8 Å². The molecule has 23 heavy (non-hydrogen) atoms. The van der Waals surface area contributed by atoms with Gasteiger partial charge in [0.05, 0.1) is 0 Å². The van der Waals surface area contributed by atoms with Crippen LogP contribution in [-0.4, -0.2) is 42.9 Å². The summed E-state index contributed by atoms with van der Waals surface area (Å²) >= 11 is 2.04. The van der Waals surface area contributed by atoms with Crippen LogP contribution >= 0.6 is 11.8 Å². The summed E-state index contributed by atoms with van der Waals surface area (Å²) in [6.45, 7) is 11.7. The first-order valence-electron chi connectivity index (χ1n) is 9.34. The number of benzene rings is 1. The lowest BCUT2D eigenvalue weighted by atomic mass is 10.2. The van der Waals surface area contributed by atoms with E-state index in [4.69, 9.17) is 0 Å².